The van der Waals surface area contributed by atoms with Crippen molar-refractivity contribution in [3.63, 3.8) is 0 Å². The van der Waals surface area contributed by atoms with E-state index in [2.05, 4.69) is 11.7 Å². The molecule has 1 rings (SSSR count). The Bertz CT molecular complexity index is 271. The molecule has 0 aromatic rings. The predicted molar refractivity (Wildman–Crippen MR) is 96.2 cm³/mol. The van der Waals surface area contributed by atoms with Crippen LogP contribution in [0.2, 0.25) is 0 Å². The predicted octanol–water partition coefficient (Wildman–Crippen LogP) is 6.44. The Balaban J connectivity index is -0.000000425. The lowest BCUT2D eigenvalue weighted by atomic mass is 10.0. The summed E-state index contributed by atoms with van der Waals surface area (Å²) in [6.07, 6.45) is 10.3. The van der Waals surface area contributed by atoms with Gasteiger partial charge in [-0.25, -0.2) is 0 Å². The van der Waals surface area contributed by atoms with Crippen molar-refractivity contribution in [1.29, 1.82) is 5.41 Å². The Morgan fingerprint density at radius 1 is 1.15 bits per heavy atom. The lowest BCUT2D eigenvalue weighted by molar-refractivity contribution is 0.757. The van der Waals surface area contributed by atoms with Crippen molar-refractivity contribution < 1.29 is 0 Å². The third kappa shape index (κ3) is 14.9. The molecule has 1 fully saturated rings. The lowest BCUT2D eigenvalue weighted by Gasteiger charge is -2.02. The molecule has 0 bridgehead atoms. The standard InChI is InChI=1S/C12H18N2.3C2H6/c1-3-4-11(9-14-2)12(13)8-7-10-5-6-10;3*1-2/h3-4,9-10,13H,2,5-8H2,1H3;3*1-2H3/b4-3-,11-9+,13-12?;;;. The molecule has 0 spiro atoms. The average molecular weight is 280 g/mol. The van der Waals surface area contributed by atoms with E-state index in [1.54, 1.807) is 6.20 Å². The molecule has 0 aromatic carbocycles. The van der Waals surface area contributed by atoms with Crippen LogP contribution in [0.3, 0.4) is 0 Å². The van der Waals surface area contributed by atoms with Crippen molar-refractivity contribution in [2.24, 2.45) is 10.9 Å². The third-order valence-corrected chi connectivity index (χ3v) is 2.42. The summed E-state index contributed by atoms with van der Waals surface area (Å²) < 4.78 is 0. The first-order chi connectivity index (χ1) is 9.77. The van der Waals surface area contributed by atoms with Gasteiger partial charge in [0.15, 0.2) is 0 Å². The molecule has 20 heavy (non-hydrogen) atoms. The van der Waals surface area contributed by atoms with Gasteiger partial charge < -0.3 is 5.41 Å². The molecule has 0 unspecified atom stereocenters. The number of hydrogen-bond acceptors (Lipinski definition) is 2. The molecule has 0 aliphatic heterocycles. The summed E-state index contributed by atoms with van der Waals surface area (Å²) in [6.45, 7) is 17.4. The zero-order valence-electron chi connectivity index (χ0n) is 14.8. The number of aliphatic imine (C=N–C) groups is 1. The summed E-state index contributed by atoms with van der Waals surface area (Å²) in [4.78, 5) is 3.71. The Hall–Kier alpha value is -1.18. The second-order valence-electron chi connectivity index (χ2n) is 3.73. The lowest BCUT2D eigenvalue weighted by Crippen LogP contribution is -1.99. The molecule has 1 aliphatic carbocycles. The first kappa shape index (κ1) is 23.9. The second kappa shape index (κ2) is 20.1. The zero-order chi connectivity index (χ0) is 16.4. The first-order valence-electron chi connectivity index (χ1n) is 8.14. The van der Waals surface area contributed by atoms with Crippen molar-refractivity contribution in [3.8, 4) is 0 Å². The second-order valence-corrected chi connectivity index (χ2v) is 3.73. The number of rotatable bonds is 6. The maximum atomic E-state index is 7.87. The largest absolute Gasteiger partial charge is 0.305 e. The van der Waals surface area contributed by atoms with Crippen LogP contribution in [-0.2, 0) is 0 Å². The van der Waals surface area contributed by atoms with Crippen LogP contribution in [0.25, 0.3) is 0 Å². The molecule has 0 atom stereocenters. The maximum Gasteiger partial charge on any atom is 0.0401 e. The SMILES string of the molecule is C=N/C=C(\C=C/C)C(=N)CCC1CC1.CC.CC.CC. The van der Waals surface area contributed by atoms with E-state index in [0.717, 1.165) is 24.3 Å². The van der Waals surface area contributed by atoms with E-state index in [1.807, 2.05) is 60.6 Å². The van der Waals surface area contributed by atoms with Crippen LogP contribution in [0, 0.1) is 11.3 Å². The van der Waals surface area contributed by atoms with E-state index < -0.39 is 0 Å². The molecule has 1 N–H and O–H groups in total. The van der Waals surface area contributed by atoms with Crippen molar-refractivity contribution in [2.75, 3.05) is 0 Å². The molecule has 0 amide bonds. The van der Waals surface area contributed by atoms with Crippen LogP contribution >= 0.6 is 0 Å². The van der Waals surface area contributed by atoms with E-state index in [9.17, 15) is 0 Å². The Morgan fingerprint density at radius 3 is 2.00 bits per heavy atom. The van der Waals surface area contributed by atoms with Gasteiger partial charge in [0.1, 0.15) is 0 Å². The van der Waals surface area contributed by atoms with E-state index in [1.165, 1.54) is 12.8 Å². The molecule has 118 valence electrons. The zero-order valence-corrected chi connectivity index (χ0v) is 14.8. The monoisotopic (exact) mass is 280 g/mol. The van der Waals surface area contributed by atoms with Crippen LogP contribution < -0.4 is 0 Å². The highest BCUT2D eigenvalue weighted by atomic mass is 14.6. The first-order valence-corrected chi connectivity index (χ1v) is 8.14. The molecule has 2 heteroatoms. The van der Waals surface area contributed by atoms with Crippen LogP contribution in [-0.4, -0.2) is 12.4 Å². The third-order valence-electron chi connectivity index (χ3n) is 2.42. The smallest absolute Gasteiger partial charge is 0.0401 e. The molecule has 0 saturated heterocycles. The normalized spacial score (nSPS) is 13.1. The average Bonchev–Trinajstić information content (AvgIpc) is 3.35. The minimum atomic E-state index is 0.683. The van der Waals surface area contributed by atoms with E-state index in [4.69, 9.17) is 5.41 Å². The van der Waals surface area contributed by atoms with Crippen molar-refractivity contribution >= 4 is 12.4 Å². The maximum absolute atomic E-state index is 7.87. The van der Waals surface area contributed by atoms with Gasteiger partial charge in [-0.3, -0.25) is 4.99 Å². The summed E-state index contributed by atoms with van der Waals surface area (Å²) in [5.74, 6) is 0.888. The molecular formula is C18H36N2. The van der Waals surface area contributed by atoms with Crippen LogP contribution in [0.4, 0.5) is 0 Å². The summed E-state index contributed by atoms with van der Waals surface area (Å²) in [6, 6.07) is 0. The van der Waals surface area contributed by atoms with Gasteiger partial charge in [0.05, 0.1) is 0 Å². The van der Waals surface area contributed by atoms with Gasteiger partial charge in [-0.05, 0) is 32.4 Å². The number of nitrogens with one attached hydrogen (secondary N) is 1. The van der Waals surface area contributed by atoms with Crippen LogP contribution in [0.1, 0.15) is 74.1 Å². The van der Waals surface area contributed by atoms with E-state index in [-0.39, 0.29) is 0 Å². The van der Waals surface area contributed by atoms with Gasteiger partial charge in [-0.1, -0.05) is 66.5 Å². The molecule has 0 radical (unpaired) electrons. The van der Waals surface area contributed by atoms with Gasteiger partial charge in [0, 0.05) is 17.5 Å². The van der Waals surface area contributed by atoms with Gasteiger partial charge in [-0.15, -0.1) is 0 Å². The quantitative estimate of drug-likeness (QED) is 0.429. The van der Waals surface area contributed by atoms with Crippen molar-refractivity contribution in [1.82, 2.24) is 0 Å². The number of allylic oxidation sites excluding steroid dienone is 3. The highest BCUT2D eigenvalue weighted by Gasteiger charge is 2.21. The fourth-order valence-corrected chi connectivity index (χ4v) is 1.40. The number of nitrogens with zero attached hydrogens (tertiary/aromatic N) is 1. The Morgan fingerprint density at radius 2 is 1.65 bits per heavy atom. The molecule has 0 aromatic heterocycles. The summed E-state index contributed by atoms with van der Waals surface area (Å²) >= 11 is 0. The highest BCUT2D eigenvalue weighted by Crippen LogP contribution is 2.33. The topological polar surface area (TPSA) is 36.2 Å². The molecular weight excluding hydrogens is 244 g/mol. The molecule has 1 aliphatic rings. The van der Waals surface area contributed by atoms with E-state index in [0.29, 0.717) is 5.71 Å². The highest BCUT2D eigenvalue weighted by molar-refractivity contribution is 6.00. The summed E-state index contributed by atoms with van der Waals surface area (Å²) in [7, 11) is 0. The Kier molecular flexibility index (Phi) is 24.1. The molecule has 0 heterocycles. The molecule has 1 saturated carbocycles. The van der Waals surface area contributed by atoms with Gasteiger partial charge in [0.25, 0.3) is 0 Å². The van der Waals surface area contributed by atoms with Crippen LogP contribution in [0.5, 0.6) is 0 Å². The Labute approximate surface area is 127 Å². The number of hydrogen-bond donors (Lipinski definition) is 1. The van der Waals surface area contributed by atoms with Gasteiger partial charge in [-0.2, -0.15) is 0 Å². The molecule has 2 nitrogen and oxygen atoms in total. The van der Waals surface area contributed by atoms with Crippen molar-refractivity contribution in [3.05, 3.63) is 23.9 Å². The van der Waals surface area contributed by atoms with Crippen LogP contribution in [0.15, 0.2) is 28.9 Å². The fraction of sp³-hybridized carbons (Fsp3) is 0.667. The van der Waals surface area contributed by atoms with Crippen molar-refractivity contribution in [2.45, 2.75) is 74.1 Å². The van der Waals surface area contributed by atoms with E-state index >= 15 is 0 Å². The van der Waals surface area contributed by atoms with Gasteiger partial charge >= 0.3 is 0 Å². The minimum absolute atomic E-state index is 0.683. The summed E-state index contributed by atoms with van der Waals surface area (Å²) in [5, 5.41) is 7.87. The minimum Gasteiger partial charge on any atom is -0.305 e. The van der Waals surface area contributed by atoms with Gasteiger partial charge in [0.2, 0.25) is 0 Å². The fourth-order valence-electron chi connectivity index (χ4n) is 1.40. The summed E-state index contributed by atoms with van der Waals surface area (Å²) in [5.41, 5.74) is 1.57.